The van der Waals surface area contributed by atoms with Crippen LogP contribution in [0, 0.1) is 11.8 Å². The van der Waals surface area contributed by atoms with E-state index in [1.807, 2.05) is 0 Å². The van der Waals surface area contributed by atoms with Gasteiger partial charge in [0.1, 0.15) is 0 Å². The molecule has 19 heavy (non-hydrogen) atoms. The summed E-state index contributed by atoms with van der Waals surface area (Å²) < 4.78 is 0. The number of carbonyl (C=O) groups excluding carboxylic acids is 1. The van der Waals surface area contributed by atoms with Crippen LogP contribution in [0.25, 0.3) is 0 Å². The molecule has 4 heteroatoms. The Morgan fingerprint density at radius 3 is 2.53 bits per heavy atom. The maximum Gasteiger partial charge on any atom is 0.315 e. The first-order valence-corrected chi connectivity index (χ1v) is 7.95. The van der Waals surface area contributed by atoms with Crippen molar-refractivity contribution < 1.29 is 9.90 Å². The van der Waals surface area contributed by atoms with Crippen LogP contribution in [0.1, 0.15) is 57.8 Å². The monoisotopic (exact) mass is 268 g/mol. The van der Waals surface area contributed by atoms with Crippen molar-refractivity contribution in [1.29, 1.82) is 0 Å². The van der Waals surface area contributed by atoms with E-state index in [0.29, 0.717) is 0 Å². The Kier molecular flexibility index (Phi) is 5.95. The van der Waals surface area contributed by atoms with Crippen molar-refractivity contribution in [2.75, 3.05) is 13.2 Å². The highest BCUT2D eigenvalue weighted by atomic mass is 16.3. The molecule has 0 spiro atoms. The van der Waals surface area contributed by atoms with Gasteiger partial charge in [0, 0.05) is 25.1 Å². The third-order valence-corrected chi connectivity index (χ3v) is 4.77. The van der Waals surface area contributed by atoms with E-state index in [0.717, 1.165) is 38.1 Å². The average Bonchev–Trinajstić information content (AvgIpc) is 2.57. The van der Waals surface area contributed by atoms with Gasteiger partial charge < -0.3 is 15.7 Å². The summed E-state index contributed by atoms with van der Waals surface area (Å²) in [5, 5.41) is 15.4. The van der Waals surface area contributed by atoms with Crippen LogP contribution in [0.5, 0.6) is 0 Å². The lowest BCUT2D eigenvalue weighted by Gasteiger charge is -2.26. The summed E-state index contributed by atoms with van der Waals surface area (Å²) in [5.41, 5.74) is 0. The molecule has 0 saturated heterocycles. The number of rotatable bonds is 5. The molecule has 0 aromatic rings. The second-order valence-electron chi connectivity index (χ2n) is 6.17. The smallest absolute Gasteiger partial charge is 0.315 e. The molecular formula is C15H28N2O2. The summed E-state index contributed by atoms with van der Waals surface area (Å²) in [7, 11) is 0. The summed E-state index contributed by atoms with van der Waals surface area (Å²) in [6.45, 7) is 0.972. The van der Waals surface area contributed by atoms with Gasteiger partial charge in [-0.05, 0) is 25.2 Å². The van der Waals surface area contributed by atoms with Crippen molar-refractivity contribution in [2.24, 2.45) is 11.8 Å². The van der Waals surface area contributed by atoms with Gasteiger partial charge in [0.05, 0.1) is 0 Å². The number of amides is 2. The molecule has 2 fully saturated rings. The van der Waals surface area contributed by atoms with Crippen molar-refractivity contribution in [1.82, 2.24) is 10.6 Å². The first-order valence-electron chi connectivity index (χ1n) is 7.95. The minimum Gasteiger partial charge on any atom is -0.396 e. The van der Waals surface area contributed by atoms with Gasteiger partial charge in [-0.2, -0.15) is 0 Å². The number of hydrogen-bond donors (Lipinski definition) is 3. The third-order valence-electron chi connectivity index (χ3n) is 4.77. The predicted octanol–water partition coefficient (Wildman–Crippen LogP) is 2.42. The second-order valence-corrected chi connectivity index (χ2v) is 6.17. The lowest BCUT2D eigenvalue weighted by atomic mass is 9.83. The van der Waals surface area contributed by atoms with Crippen molar-refractivity contribution in [3.05, 3.63) is 0 Å². The van der Waals surface area contributed by atoms with E-state index in [2.05, 4.69) is 10.6 Å². The fourth-order valence-electron chi connectivity index (χ4n) is 3.18. The first-order chi connectivity index (χ1) is 9.29. The zero-order chi connectivity index (χ0) is 13.5. The minimum absolute atomic E-state index is 0.0512. The molecule has 110 valence electrons. The summed E-state index contributed by atoms with van der Waals surface area (Å²) in [6.07, 6.45) is 10.7. The largest absolute Gasteiger partial charge is 0.396 e. The van der Waals surface area contributed by atoms with Crippen LogP contribution in [0.15, 0.2) is 0 Å². The van der Waals surface area contributed by atoms with Gasteiger partial charge >= 0.3 is 6.03 Å². The second kappa shape index (κ2) is 7.73. The molecule has 3 N–H and O–H groups in total. The van der Waals surface area contributed by atoms with E-state index in [4.69, 9.17) is 0 Å². The van der Waals surface area contributed by atoms with E-state index < -0.39 is 0 Å². The Labute approximate surface area is 116 Å². The van der Waals surface area contributed by atoms with Gasteiger partial charge in [0.2, 0.25) is 0 Å². The third kappa shape index (κ3) is 4.68. The summed E-state index contributed by atoms with van der Waals surface area (Å²) in [5.74, 6) is 1.07. The quantitative estimate of drug-likeness (QED) is 0.671. The number of aliphatic hydroxyl groups excluding tert-OH is 1. The molecule has 2 aliphatic carbocycles. The zero-order valence-corrected chi connectivity index (χ0v) is 11.9. The number of urea groups is 1. The molecule has 4 nitrogen and oxygen atoms in total. The first kappa shape index (κ1) is 14.6. The molecule has 2 rings (SSSR count). The van der Waals surface area contributed by atoms with Gasteiger partial charge in [-0.25, -0.2) is 4.79 Å². The Bertz CT molecular complexity index is 279. The Balaban J connectivity index is 1.66. The molecule has 2 aliphatic rings. The van der Waals surface area contributed by atoms with Gasteiger partial charge in [-0.15, -0.1) is 0 Å². The highest BCUT2D eigenvalue weighted by Crippen LogP contribution is 2.28. The number of carbonyl (C=O) groups is 1. The summed E-state index contributed by atoms with van der Waals surface area (Å²) in [4.78, 5) is 11.9. The van der Waals surface area contributed by atoms with Crippen LogP contribution in [-0.4, -0.2) is 30.3 Å². The predicted molar refractivity (Wildman–Crippen MR) is 75.9 cm³/mol. The minimum atomic E-state index is -0.0512. The van der Waals surface area contributed by atoms with Crippen molar-refractivity contribution >= 4 is 6.03 Å². The number of hydrogen-bond acceptors (Lipinski definition) is 2. The van der Waals surface area contributed by atoms with Crippen LogP contribution < -0.4 is 10.6 Å². The van der Waals surface area contributed by atoms with E-state index >= 15 is 0 Å². The molecule has 2 amide bonds. The highest BCUT2D eigenvalue weighted by Gasteiger charge is 2.24. The Morgan fingerprint density at radius 2 is 1.84 bits per heavy atom. The van der Waals surface area contributed by atoms with Crippen LogP contribution >= 0.6 is 0 Å². The molecule has 2 saturated carbocycles. The Hall–Kier alpha value is -0.770. The lowest BCUT2D eigenvalue weighted by Crippen LogP contribution is -2.46. The van der Waals surface area contributed by atoms with E-state index in [9.17, 15) is 9.90 Å². The fraction of sp³-hybridized carbons (Fsp3) is 0.933. The average molecular weight is 268 g/mol. The fourth-order valence-corrected chi connectivity index (χ4v) is 3.18. The van der Waals surface area contributed by atoms with E-state index in [1.54, 1.807) is 0 Å². The molecular weight excluding hydrogens is 240 g/mol. The molecule has 0 aliphatic heterocycles. The maximum atomic E-state index is 11.9. The highest BCUT2D eigenvalue weighted by molar-refractivity contribution is 5.74. The van der Waals surface area contributed by atoms with E-state index in [1.165, 1.54) is 32.1 Å². The van der Waals surface area contributed by atoms with Gasteiger partial charge in [-0.1, -0.05) is 38.5 Å². The molecule has 0 aromatic heterocycles. The van der Waals surface area contributed by atoms with Crippen LogP contribution in [0.4, 0.5) is 4.79 Å². The topological polar surface area (TPSA) is 61.4 Å². The summed E-state index contributed by atoms with van der Waals surface area (Å²) in [6, 6.07) is 0.0980. The van der Waals surface area contributed by atoms with E-state index in [-0.39, 0.29) is 24.6 Å². The van der Waals surface area contributed by atoms with Crippen LogP contribution in [0.2, 0.25) is 0 Å². The normalized spacial score (nSPS) is 28.3. The molecule has 0 bridgehead atoms. The van der Waals surface area contributed by atoms with Crippen molar-refractivity contribution in [2.45, 2.75) is 63.8 Å². The van der Waals surface area contributed by atoms with Gasteiger partial charge in [-0.3, -0.25) is 0 Å². The zero-order valence-electron chi connectivity index (χ0n) is 11.9. The molecule has 0 radical (unpaired) electrons. The standard InChI is InChI=1S/C15H28N2O2/c18-11-13-7-2-1-3-8-14(13)17-15(19)16-10-9-12-5-4-6-12/h12-14,18H,1-11H2,(H2,16,17,19). The number of nitrogens with one attached hydrogen (secondary N) is 2. The lowest BCUT2D eigenvalue weighted by molar-refractivity contribution is 0.178. The van der Waals surface area contributed by atoms with Crippen molar-refractivity contribution in [3.63, 3.8) is 0 Å². The van der Waals surface area contributed by atoms with Crippen LogP contribution in [0.3, 0.4) is 0 Å². The molecule has 0 aromatic carbocycles. The molecule has 0 heterocycles. The molecule has 2 atom stereocenters. The number of aliphatic hydroxyl groups is 1. The van der Waals surface area contributed by atoms with Gasteiger partial charge in [0.15, 0.2) is 0 Å². The van der Waals surface area contributed by atoms with Crippen molar-refractivity contribution in [3.8, 4) is 0 Å². The Morgan fingerprint density at radius 1 is 1.05 bits per heavy atom. The maximum absolute atomic E-state index is 11.9. The summed E-state index contributed by atoms with van der Waals surface area (Å²) >= 11 is 0. The van der Waals surface area contributed by atoms with Crippen LogP contribution in [-0.2, 0) is 0 Å². The van der Waals surface area contributed by atoms with Gasteiger partial charge in [0.25, 0.3) is 0 Å². The SMILES string of the molecule is O=C(NCCC1CCC1)NC1CCCCCC1CO. The molecule has 2 unspecified atom stereocenters.